The van der Waals surface area contributed by atoms with Gasteiger partial charge in [0.2, 0.25) is 0 Å². The Bertz CT molecular complexity index is 2260. The van der Waals surface area contributed by atoms with E-state index in [1.807, 2.05) is 23.0 Å². The summed E-state index contributed by atoms with van der Waals surface area (Å²) in [5, 5.41) is 7.33. The molecule has 3 heterocycles. The van der Waals surface area contributed by atoms with Crippen LogP contribution in [0.1, 0.15) is 92.7 Å². The summed E-state index contributed by atoms with van der Waals surface area (Å²) in [5.74, 6) is 3.74. The minimum absolute atomic E-state index is 0.639. The van der Waals surface area contributed by atoms with E-state index in [1.165, 1.54) is 103 Å². The highest BCUT2D eigenvalue weighted by Gasteiger charge is 2.26. The highest BCUT2D eigenvalue weighted by atomic mass is 16.5. The van der Waals surface area contributed by atoms with Crippen LogP contribution in [0.3, 0.4) is 0 Å². The van der Waals surface area contributed by atoms with Crippen molar-refractivity contribution in [1.82, 2.24) is 19.3 Å². The number of pyridine rings is 1. The molecule has 0 saturated heterocycles. The lowest BCUT2D eigenvalue weighted by atomic mass is 9.75. The van der Waals surface area contributed by atoms with Crippen molar-refractivity contribution in [3.8, 4) is 34.1 Å². The predicted octanol–water partition coefficient (Wildman–Crippen LogP) is 12.2. The molecule has 3 aromatic heterocycles. The zero-order valence-corrected chi connectivity index (χ0v) is 28.9. The van der Waals surface area contributed by atoms with E-state index in [2.05, 4.69) is 109 Å². The number of aromatic nitrogens is 4. The molecule has 0 N–H and O–H groups in total. The van der Waals surface area contributed by atoms with E-state index in [9.17, 15) is 0 Å². The first-order valence-corrected chi connectivity index (χ1v) is 18.6. The molecular weight excluding hydrogens is 613 g/mol. The van der Waals surface area contributed by atoms with Crippen molar-refractivity contribution in [2.75, 3.05) is 0 Å². The van der Waals surface area contributed by atoms with Gasteiger partial charge in [-0.3, -0.25) is 4.57 Å². The minimum Gasteiger partial charge on any atom is -0.457 e. The Balaban J connectivity index is 1.06. The van der Waals surface area contributed by atoms with Crippen molar-refractivity contribution < 1.29 is 4.74 Å². The van der Waals surface area contributed by atoms with Gasteiger partial charge in [0.25, 0.3) is 0 Å². The molecule has 0 spiro atoms. The van der Waals surface area contributed by atoms with Gasteiger partial charge in [-0.25, -0.2) is 9.67 Å². The van der Waals surface area contributed by atoms with Gasteiger partial charge in [0.05, 0.1) is 22.9 Å². The van der Waals surface area contributed by atoms with Crippen LogP contribution in [0, 0.1) is 6.92 Å². The second kappa shape index (κ2) is 13.3. The topological polar surface area (TPSA) is 44.9 Å². The lowest BCUT2D eigenvalue weighted by Crippen LogP contribution is -2.11. The third-order valence-corrected chi connectivity index (χ3v) is 11.2. The summed E-state index contributed by atoms with van der Waals surface area (Å²) in [5.41, 5.74) is 10.1. The summed E-state index contributed by atoms with van der Waals surface area (Å²) in [6.45, 7) is 2.11. The van der Waals surface area contributed by atoms with E-state index in [0.29, 0.717) is 11.8 Å². The maximum absolute atomic E-state index is 6.57. The standard InChI is InChI=1S/C45H44N4O/c1-31-24-25-46-44(26-31)49-42-21-9-8-18-40(42)41-23-22-37(28-43(41)49)50-36-17-10-16-35(27-36)48-30-34(29-47-48)45-38(32-12-4-2-5-13-32)19-11-20-39(45)33-14-6-3-7-15-33/h8-11,16-30,32-33H,2-7,12-15H2,1H3. The fourth-order valence-corrected chi connectivity index (χ4v) is 8.75. The molecule has 2 aliphatic carbocycles. The third kappa shape index (κ3) is 5.79. The van der Waals surface area contributed by atoms with Gasteiger partial charge >= 0.3 is 0 Å². The molecule has 2 fully saturated rings. The van der Waals surface area contributed by atoms with Crippen LogP contribution in [-0.2, 0) is 0 Å². The number of hydrogen-bond donors (Lipinski definition) is 0. The van der Waals surface area contributed by atoms with Crippen LogP contribution in [-0.4, -0.2) is 19.3 Å². The van der Waals surface area contributed by atoms with Crippen molar-refractivity contribution in [1.29, 1.82) is 0 Å². The highest BCUT2D eigenvalue weighted by molar-refractivity contribution is 6.09. The quantitative estimate of drug-likeness (QED) is 0.171. The van der Waals surface area contributed by atoms with E-state index in [1.54, 1.807) is 0 Å². The predicted molar refractivity (Wildman–Crippen MR) is 204 cm³/mol. The Kier molecular flexibility index (Phi) is 8.20. The summed E-state index contributed by atoms with van der Waals surface area (Å²) in [4.78, 5) is 4.74. The molecule has 9 rings (SSSR count). The first-order chi connectivity index (χ1) is 24.7. The van der Waals surface area contributed by atoms with Crippen LogP contribution in [0.5, 0.6) is 11.5 Å². The Hall–Kier alpha value is -5.16. The molecule has 7 aromatic rings. The lowest BCUT2D eigenvalue weighted by Gasteiger charge is -2.29. The normalized spacial score (nSPS) is 15.9. The van der Waals surface area contributed by atoms with Gasteiger partial charge in [-0.05, 0) is 109 Å². The highest BCUT2D eigenvalue weighted by Crippen LogP contribution is 2.45. The summed E-state index contributed by atoms with van der Waals surface area (Å²) in [7, 11) is 0. The van der Waals surface area contributed by atoms with E-state index >= 15 is 0 Å². The van der Waals surface area contributed by atoms with Crippen LogP contribution >= 0.6 is 0 Å². The number of aryl methyl sites for hydroxylation is 1. The van der Waals surface area contributed by atoms with Crippen molar-refractivity contribution in [3.05, 3.63) is 132 Å². The zero-order valence-electron chi connectivity index (χ0n) is 28.9. The molecule has 0 aliphatic heterocycles. The van der Waals surface area contributed by atoms with Crippen LogP contribution in [0.2, 0.25) is 0 Å². The van der Waals surface area contributed by atoms with Crippen molar-refractivity contribution in [2.45, 2.75) is 83.0 Å². The summed E-state index contributed by atoms with van der Waals surface area (Å²) < 4.78 is 10.8. The van der Waals surface area contributed by atoms with Crippen LogP contribution in [0.15, 0.2) is 116 Å². The molecule has 0 bridgehead atoms. The van der Waals surface area contributed by atoms with Gasteiger partial charge in [0.15, 0.2) is 0 Å². The number of rotatable bonds is 7. The molecule has 250 valence electrons. The number of ether oxygens (including phenoxy) is 1. The fraction of sp³-hybridized carbons (Fsp3) is 0.289. The molecule has 0 atom stereocenters. The molecule has 50 heavy (non-hydrogen) atoms. The molecule has 5 heteroatoms. The molecular formula is C45H44N4O. The zero-order chi connectivity index (χ0) is 33.4. The second-order valence-corrected chi connectivity index (χ2v) is 14.5. The maximum Gasteiger partial charge on any atom is 0.137 e. The Morgan fingerprint density at radius 1 is 0.640 bits per heavy atom. The number of fused-ring (bicyclic) bond motifs is 3. The first-order valence-electron chi connectivity index (χ1n) is 18.6. The largest absolute Gasteiger partial charge is 0.457 e. The molecule has 5 nitrogen and oxygen atoms in total. The average Bonchev–Trinajstić information content (AvgIpc) is 3.79. The Morgan fingerprint density at radius 3 is 2.10 bits per heavy atom. The number of hydrogen-bond acceptors (Lipinski definition) is 3. The van der Waals surface area contributed by atoms with Crippen LogP contribution < -0.4 is 4.74 Å². The molecule has 0 unspecified atom stereocenters. The smallest absolute Gasteiger partial charge is 0.137 e. The van der Waals surface area contributed by atoms with Gasteiger partial charge in [-0.2, -0.15) is 5.10 Å². The molecule has 2 saturated carbocycles. The maximum atomic E-state index is 6.57. The van der Waals surface area contributed by atoms with Crippen molar-refractivity contribution >= 4 is 21.8 Å². The number of benzene rings is 4. The minimum atomic E-state index is 0.639. The van der Waals surface area contributed by atoms with Gasteiger partial charge in [0.1, 0.15) is 17.3 Å². The second-order valence-electron chi connectivity index (χ2n) is 14.5. The SMILES string of the molecule is Cc1ccnc(-n2c3ccccc3c3ccc(Oc4cccc(-n5cc(-c6c(C7CCCCC7)cccc6C6CCCCC6)cn5)c4)cc32)c1. The van der Waals surface area contributed by atoms with Gasteiger partial charge in [0, 0.05) is 40.9 Å². The van der Waals surface area contributed by atoms with Gasteiger partial charge in [-0.15, -0.1) is 0 Å². The van der Waals surface area contributed by atoms with E-state index < -0.39 is 0 Å². The number of nitrogens with zero attached hydrogens (tertiary/aromatic N) is 4. The van der Waals surface area contributed by atoms with E-state index in [4.69, 9.17) is 14.8 Å². The Morgan fingerprint density at radius 2 is 1.34 bits per heavy atom. The van der Waals surface area contributed by atoms with Gasteiger partial charge in [-0.1, -0.05) is 81.0 Å². The summed E-state index contributed by atoms with van der Waals surface area (Å²) >= 11 is 0. The van der Waals surface area contributed by atoms with E-state index in [0.717, 1.165) is 34.0 Å². The van der Waals surface area contributed by atoms with Crippen LogP contribution in [0.25, 0.3) is 44.4 Å². The molecule has 0 amide bonds. The lowest BCUT2D eigenvalue weighted by molar-refractivity contribution is 0.437. The van der Waals surface area contributed by atoms with Crippen molar-refractivity contribution in [3.63, 3.8) is 0 Å². The first kappa shape index (κ1) is 30.9. The molecule has 4 aromatic carbocycles. The molecule has 2 aliphatic rings. The van der Waals surface area contributed by atoms with Crippen LogP contribution in [0.4, 0.5) is 0 Å². The third-order valence-electron chi connectivity index (χ3n) is 11.2. The molecule has 0 radical (unpaired) electrons. The summed E-state index contributed by atoms with van der Waals surface area (Å²) in [6, 6.07) is 34.5. The van der Waals surface area contributed by atoms with E-state index in [-0.39, 0.29) is 0 Å². The van der Waals surface area contributed by atoms with Gasteiger partial charge < -0.3 is 4.74 Å². The fourth-order valence-electron chi connectivity index (χ4n) is 8.75. The summed E-state index contributed by atoms with van der Waals surface area (Å²) in [6.07, 6.45) is 19.5. The Labute approximate surface area is 294 Å². The monoisotopic (exact) mass is 656 g/mol. The van der Waals surface area contributed by atoms with Crippen molar-refractivity contribution in [2.24, 2.45) is 0 Å². The number of para-hydroxylation sites is 1. The average molecular weight is 657 g/mol.